The minimum atomic E-state index is -0.507. The maximum absolute atomic E-state index is 12.7. The number of benzene rings is 2. The molecular weight excluding hydrogens is 394 g/mol. The number of para-hydroxylation sites is 1. The minimum absolute atomic E-state index is 0.0179. The highest BCUT2D eigenvalue weighted by Crippen LogP contribution is 2.24. The van der Waals surface area contributed by atoms with E-state index in [4.69, 9.17) is 9.15 Å². The van der Waals surface area contributed by atoms with E-state index in [-0.39, 0.29) is 11.4 Å². The molecule has 0 fully saturated rings. The number of fused-ring (bicyclic) bond motifs is 2. The molecule has 0 radical (unpaired) electrons. The molecular formula is C20H17N3O5S. The highest BCUT2D eigenvalue weighted by atomic mass is 32.1. The normalized spacial score (nSPS) is 12.1. The zero-order chi connectivity index (χ0) is 20.4. The SMILES string of the molecule is CCOCCn1c(=NC(=O)c2cc3ccccc3o2)sc2ccc([N+](=O)[O-])cc21. The summed E-state index contributed by atoms with van der Waals surface area (Å²) in [5, 5.41) is 12.0. The number of thiazole rings is 1. The van der Waals surface area contributed by atoms with Gasteiger partial charge in [-0.2, -0.15) is 4.99 Å². The van der Waals surface area contributed by atoms with Gasteiger partial charge in [0.2, 0.25) is 0 Å². The Morgan fingerprint density at radius 3 is 2.86 bits per heavy atom. The molecule has 1 amide bonds. The Balaban J connectivity index is 1.80. The predicted molar refractivity (Wildman–Crippen MR) is 109 cm³/mol. The number of rotatable bonds is 6. The Labute approximate surface area is 168 Å². The highest BCUT2D eigenvalue weighted by Gasteiger charge is 2.15. The van der Waals surface area contributed by atoms with Gasteiger partial charge in [-0.3, -0.25) is 14.9 Å². The number of nitrogens with zero attached hydrogens (tertiary/aromatic N) is 3. The van der Waals surface area contributed by atoms with Crippen molar-refractivity contribution in [2.24, 2.45) is 4.99 Å². The van der Waals surface area contributed by atoms with E-state index in [1.54, 1.807) is 22.8 Å². The number of nitro groups is 1. The summed E-state index contributed by atoms with van der Waals surface area (Å²) in [5.41, 5.74) is 1.23. The third-order valence-corrected chi connectivity index (χ3v) is 5.43. The molecule has 0 aliphatic carbocycles. The van der Waals surface area contributed by atoms with E-state index in [1.807, 2.05) is 25.1 Å². The fourth-order valence-electron chi connectivity index (χ4n) is 3.00. The number of carbonyl (C=O) groups is 1. The number of furan rings is 1. The monoisotopic (exact) mass is 411 g/mol. The van der Waals surface area contributed by atoms with Gasteiger partial charge >= 0.3 is 5.91 Å². The summed E-state index contributed by atoms with van der Waals surface area (Å²) in [6.45, 7) is 3.25. The van der Waals surface area contributed by atoms with Gasteiger partial charge in [-0.05, 0) is 25.1 Å². The molecule has 0 saturated carbocycles. The zero-order valence-electron chi connectivity index (χ0n) is 15.5. The molecule has 0 bridgehead atoms. The second-order valence-electron chi connectivity index (χ2n) is 6.21. The van der Waals surface area contributed by atoms with Crippen LogP contribution >= 0.6 is 11.3 Å². The van der Waals surface area contributed by atoms with Crippen molar-refractivity contribution in [3.8, 4) is 0 Å². The molecule has 0 N–H and O–H groups in total. The van der Waals surface area contributed by atoms with Gasteiger partial charge in [0.25, 0.3) is 5.69 Å². The first-order valence-electron chi connectivity index (χ1n) is 9.00. The van der Waals surface area contributed by atoms with E-state index in [2.05, 4.69) is 4.99 Å². The van der Waals surface area contributed by atoms with Gasteiger partial charge in [-0.1, -0.05) is 29.5 Å². The third-order valence-electron chi connectivity index (χ3n) is 4.37. The highest BCUT2D eigenvalue weighted by molar-refractivity contribution is 7.16. The summed E-state index contributed by atoms with van der Waals surface area (Å²) in [6.07, 6.45) is 0. The van der Waals surface area contributed by atoms with Crippen molar-refractivity contribution in [2.75, 3.05) is 13.2 Å². The molecule has 2 aromatic heterocycles. The third kappa shape index (κ3) is 3.82. The van der Waals surface area contributed by atoms with Crippen LogP contribution in [0.25, 0.3) is 21.2 Å². The summed E-state index contributed by atoms with van der Waals surface area (Å²) in [6, 6.07) is 13.6. The van der Waals surface area contributed by atoms with Crippen molar-refractivity contribution in [3.63, 3.8) is 0 Å². The number of ether oxygens (including phenoxy) is 1. The molecule has 29 heavy (non-hydrogen) atoms. The molecule has 0 spiro atoms. The first-order valence-corrected chi connectivity index (χ1v) is 9.81. The van der Waals surface area contributed by atoms with Crippen molar-refractivity contribution < 1.29 is 18.9 Å². The lowest BCUT2D eigenvalue weighted by atomic mass is 10.2. The average molecular weight is 411 g/mol. The van der Waals surface area contributed by atoms with Crippen molar-refractivity contribution >= 4 is 44.1 Å². The molecule has 0 aliphatic rings. The van der Waals surface area contributed by atoms with Crippen molar-refractivity contribution in [2.45, 2.75) is 13.5 Å². The molecule has 148 valence electrons. The maximum atomic E-state index is 12.7. The van der Waals surface area contributed by atoms with Crippen LogP contribution in [0.5, 0.6) is 0 Å². The van der Waals surface area contributed by atoms with E-state index in [0.717, 1.165) is 10.1 Å². The predicted octanol–water partition coefficient (Wildman–Crippen LogP) is 4.13. The van der Waals surface area contributed by atoms with Gasteiger partial charge in [0.05, 0.1) is 21.7 Å². The van der Waals surface area contributed by atoms with E-state index < -0.39 is 10.8 Å². The zero-order valence-corrected chi connectivity index (χ0v) is 16.3. The molecule has 0 atom stereocenters. The van der Waals surface area contributed by atoms with Gasteiger partial charge < -0.3 is 13.7 Å². The lowest BCUT2D eigenvalue weighted by Crippen LogP contribution is -2.19. The van der Waals surface area contributed by atoms with E-state index in [0.29, 0.717) is 35.7 Å². The Kier molecular flexibility index (Phi) is 5.24. The van der Waals surface area contributed by atoms with E-state index in [1.165, 1.54) is 23.5 Å². The quantitative estimate of drug-likeness (QED) is 0.270. The minimum Gasteiger partial charge on any atom is -0.451 e. The number of hydrogen-bond donors (Lipinski definition) is 0. The summed E-state index contributed by atoms with van der Waals surface area (Å²) >= 11 is 1.29. The van der Waals surface area contributed by atoms with Gasteiger partial charge in [-0.25, -0.2) is 0 Å². The van der Waals surface area contributed by atoms with Crippen molar-refractivity contribution in [1.82, 2.24) is 4.57 Å². The Morgan fingerprint density at radius 2 is 2.10 bits per heavy atom. The largest absolute Gasteiger partial charge is 0.451 e. The molecule has 2 heterocycles. The maximum Gasteiger partial charge on any atom is 0.315 e. The molecule has 0 aliphatic heterocycles. The van der Waals surface area contributed by atoms with Crippen LogP contribution in [0.3, 0.4) is 0 Å². The van der Waals surface area contributed by atoms with Crippen LogP contribution in [0, 0.1) is 10.1 Å². The van der Waals surface area contributed by atoms with Crippen LogP contribution in [-0.4, -0.2) is 28.6 Å². The smallest absolute Gasteiger partial charge is 0.315 e. The molecule has 8 nitrogen and oxygen atoms in total. The number of amides is 1. The standard InChI is InChI=1S/C20H17N3O5S/c1-2-27-10-9-22-15-12-14(23(25)26)7-8-18(15)29-20(22)21-19(24)17-11-13-5-3-4-6-16(13)28-17/h3-8,11-12H,2,9-10H2,1H3. The summed E-state index contributed by atoms with van der Waals surface area (Å²) in [4.78, 5) is 28.1. The van der Waals surface area contributed by atoms with Gasteiger partial charge in [0, 0.05) is 30.7 Å². The summed E-state index contributed by atoms with van der Waals surface area (Å²) < 4.78 is 13.6. The van der Waals surface area contributed by atoms with Crippen LogP contribution in [0.15, 0.2) is 57.9 Å². The second kappa shape index (κ2) is 7.98. The lowest BCUT2D eigenvalue weighted by Gasteiger charge is -2.05. The fraction of sp³-hybridized carbons (Fsp3) is 0.200. The molecule has 4 aromatic rings. The Hall–Kier alpha value is -3.30. The molecule has 9 heteroatoms. The number of carbonyl (C=O) groups excluding carboxylic acids is 1. The molecule has 0 saturated heterocycles. The summed E-state index contributed by atoms with van der Waals surface area (Å²) in [7, 11) is 0. The van der Waals surface area contributed by atoms with Crippen molar-refractivity contribution in [1.29, 1.82) is 0 Å². The number of nitro benzene ring substituents is 1. The van der Waals surface area contributed by atoms with Crippen LogP contribution < -0.4 is 4.80 Å². The Bertz CT molecular complexity index is 1250. The number of non-ortho nitro benzene ring substituents is 1. The van der Waals surface area contributed by atoms with Gasteiger partial charge in [-0.15, -0.1) is 0 Å². The lowest BCUT2D eigenvalue weighted by molar-refractivity contribution is -0.384. The first-order chi connectivity index (χ1) is 14.1. The van der Waals surface area contributed by atoms with Crippen LogP contribution in [-0.2, 0) is 11.3 Å². The average Bonchev–Trinajstić information content (AvgIpc) is 3.29. The molecule has 0 unspecified atom stereocenters. The van der Waals surface area contributed by atoms with Crippen LogP contribution in [0.4, 0.5) is 5.69 Å². The number of aromatic nitrogens is 1. The topological polar surface area (TPSA) is 99.9 Å². The summed E-state index contributed by atoms with van der Waals surface area (Å²) in [5.74, 6) is -0.363. The van der Waals surface area contributed by atoms with E-state index in [9.17, 15) is 14.9 Å². The van der Waals surface area contributed by atoms with Crippen LogP contribution in [0.1, 0.15) is 17.5 Å². The molecule has 4 rings (SSSR count). The first kappa shape index (κ1) is 19.0. The van der Waals surface area contributed by atoms with Crippen LogP contribution in [0.2, 0.25) is 0 Å². The Morgan fingerprint density at radius 1 is 1.28 bits per heavy atom. The molecule has 2 aromatic carbocycles. The second-order valence-corrected chi connectivity index (χ2v) is 7.22. The van der Waals surface area contributed by atoms with Gasteiger partial charge in [0.1, 0.15) is 5.58 Å². The van der Waals surface area contributed by atoms with E-state index >= 15 is 0 Å². The fourth-order valence-corrected chi connectivity index (χ4v) is 4.04. The number of hydrogen-bond acceptors (Lipinski definition) is 6. The van der Waals surface area contributed by atoms with Crippen molar-refractivity contribution in [3.05, 3.63) is 69.2 Å². The van der Waals surface area contributed by atoms with Gasteiger partial charge in [0.15, 0.2) is 10.6 Å².